The molecule has 110 valence electrons. The maximum Gasteiger partial charge on any atom is 0.129 e. The SMILES string of the molecule is COc1ccc(CN2CCC(CO)CC2)cc1C(N)=S. The van der Waals surface area contributed by atoms with Gasteiger partial charge in [0.25, 0.3) is 0 Å². The monoisotopic (exact) mass is 294 g/mol. The van der Waals surface area contributed by atoms with Crippen molar-refractivity contribution in [3.05, 3.63) is 29.3 Å². The fraction of sp³-hybridized carbons (Fsp3) is 0.533. The number of hydrogen-bond acceptors (Lipinski definition) is 4. The Morgan fingerprint density at radius 1 is 1.45 bits per heavy atom. The number of aliphatic hydroxyl groups is 1. The average Bonchev–Trinajstić information content (AvgIpc) is 2.48. The quantitative estimate of drug-likeness (QED) is 0.807. The van der Waals surface area contributed by atoms with Crippen molar-refractivity contribution < 1.29 is 9.84 Å². The van der Waals surface area contributed by atoms with Gasteiger partial charge in [0, 0.05) is 13.2 Å². The van der Waals surface area contributed by atoms with Gasteiger partial charge in [-0.2, -0.15) is 0 Å². The molecule has 0 spiro atoms. The van der Waals surface area contributed by atoms with Gasteiger partial charge in [-0.15, -0.1) is 0 Å². The normalized spacial score (nSPS) is 17.1. The molecule has 0 aliphatic carbocycles. The summed E-state index contributed by atoms with van der Waals surface area (Å²) in [5.74, 6) is 1.19. The second kappa shape index (κ2) is 7.02. The van der Waals surface area contributed by atoms with Crippen molar-refractivity contribution in [2.45, 2.75) is 19.4 Å². The van der Waals surface area contributed by atoms with Crippen molar-refractivity contribution in [2.24, 2.45) is 11.7 Å². The molecule has 20 heavy (non-hydrogen) atoms. The Bertz CT molecular complexity index is 471. The molecular weight excluding hydrogens is 272 g/mol. The van der Waals surface area contributed by atoms with Crippen LogP contribution in [0.25, 0.3) is 0 Å². The summed E-state index contributed by atoms with van der Waals surface area (Å²) < 4.78 is 5.27. The second-order valence-electron chi connectivity index (χ2n) is 5.30. The fourth-order valence-electron chi connectivity index (χ4n) is 2.63. The fourth-order valence-corrected chi connectivity index (χ4v) is 2.79. The van der Waals surface area contributed by atoms with Crippen LogP contribution >= 0.6 is 12.2 Å². The van der Waals surface area contributed by atoms with Crippen molar-refractivity contribution in [1.29, 1.82) is 0 Å². The molecule has 3 N–H and O–H groups in total. The van der Waals surface area contributed by atoms with E-state index in [0.717, 1.165) is 43.8 Å². The number of rotatable bonds is 5. The number of nitrogens with zero attached hydrogens (tertiary/aromatic N) is 1. The summed E-state index contributed by atoms with van der Waals surface area (Å²) in [5.41, 5.74) is 7.73. The van der Waals surface area contributed by atoms with Crippen molar-refractivity contribution >= 4 is 17.2 Å². The van der Waals surface area contributed by atoms with E-state index in [4.69, 9.17) is 27.8 Å². The molecule has 1 saturated heterocycles. The van der Waals surface area contributed by atoms with Crippen LogP contribution in [-0.4, -0.2) is 41.8 Å². The van der Waals surface area contributed by atoms with Crippen LogP contribution in [0.4, 0.5) is 0 Å². The molecule has 0 atom stereocenters. The lowest BCUT2D eigenvalue weighted by molar-refractivity contribution is 0.127. The number of methoxy groups -OCH3 is 1. The van der Waals surface area contributed by atoms with E-state index in [1.165, 1.54) is 5.56 Å². The highest BCUT2D eigenvalue weighted by Crippen LogP contribution is 2.23. The molecule has 0 amide bonds. The summed E-state index contributed by atoms with van der Waals surface area (Å²) in [6.07, 6.45) is 2.13. The van der Waals surface area contributed by atoms with Crippen LogP contribution in [0.15, 0.2) is 18.2 Å². The van der Waals surface area contributed by atoms with Gasteiger partial charge in [-0.25, -0.2) is 0 Å². The van der Waals surface area contributed by atoms with Gasteiger partial charge in [0.05, 0.1) is 12.7 Å². The van der Waals surface area contributed by atoms with Crippen molar-refractivity contribution in [2.75, 3.05) is 26.8 Å². The predicted octanol–water partition coefficient (Wildman–Crippen LogP) is 1.53. The summed E-state index contributed by atoms with van der Waals surface area (Å²) in [4.78, 5) is 2.76. The summed E-state index contributed by atoms with van der Waals surface area (Å²) in [6, 6.07) is 5.99. The van der Waals surface area contributed by atoms with E-state index in [1.54, 1.807) is 7.11 Å². The molecule has 1 aromatic carbocycles. The van der Waals surface area contributed by atoms with Gasteiger partial charge in [0.2, 0.25) is 0 Å². The van der Waals surface area contributed by atoms with Gasteiger partial charge in [0.1, 0.15) is 10.7 Å². The number of ether oxygens (including phenoxy) is 1. The van der Waals surface area contributed by atoms with Gasteiger partial charge in [0.15, 0.2) is 0 Å². The minimum Gasteiger partial charge on any atom is -0.496 e. The maximum atomic E-state index is 9.16. The minimum absolute atomic E-state index is 0.308. The minimum atomic E-state index is 0.308. The Labute approximate surface area is 125 Å². The van der Waals surface area contributed by atoms with E-state index in [0.29, 0.717) is 17.5 Å². The Balaban J connectivity index is 2.03. The number of piperidine rings is 1. The number of thiocarbonyl (C=S) groups is 1. The van der Waals surface area contributed by atoms with Crippen molar-refractivity contribution in [3.8, 4) is 5.75 Å². The molecule has 0 bridgehead atoms. The standard InChI is InChI=1S/C15H22N2O2S/c1-19-14-3-2-12(8-13(14)15(16)20)9-17-6-4-11(10-18)5-7-17/h2-3,8,11,18H,4-7,9-10H2,1H3,(H2,16,20). The first-order valence-corrected chi connectivity index (χ1v) is 7.34. The molecule has 0 aromatic heterocycles. The lowest BCUT2D eigenvalue weighted by Gasteiger charge is -2.31. The molecule has 1 aromatic rings. The van der Waals surface area contributed by atoms with E-state index >= 15 is 0 Å². The van der Waals surface area contributed by atoms with E-state index in [9.17, 15) is 0 Å². The van der Waals surface area contributed by atoms with Crippen LogP contribution in [0.5, 0.6) is 5.75 Å². The average molecular weight is 294 g/mol. The maximum absolute atomic E-state index is 9.16. The second-order valence-corrected chi connectivity index (χ2v) is 5.74. The summed E-state index contributed by atoms with van der Waals surface area (Å²) in [6.45, 7) is 3.25. The zero-order valence-corrected chi connectivity index (χ0v) is 12.7. The number of hydrogen-bond donors (Lipinski definition) is 2. The number of benzene rings is 1. The van der Waals surface area contributed by atoms with Crippen molar-refractivity contribution in [3.63, 3.8) is 0 Å². The summed E-state index contributed by atoms with van der Waals surface area (Å²) >= 11 is 5.07. The Hall–Kier alpha value is -1.17. The third kappa shape index (κ3) is 3.69. The molecule has 0 unspecified atom stereocenters. The highest BCUT2D eigenvalue weighted by atomic mass is 32.1. The lowest BCUT2D eigenvalue weighted by atomic mass is 9.97. The van der Waals surface area contributed by atoms with Crippen LogP contribution < -0.4 is 10.5 Å². The topological polar surface area (TPSA) is 58.7 Å². The molecule has 2 rings (SSSR count). The molecule has 1 fully saturated rings. The zero-order valence-electron chi connectivity index (χ0n) is 11.8. The Kier molecular flexibility index (Phi) is 5.34. The highest BCUT2D eigenvalue weighted by Gasteiger charge is 2.18. The van der Waals surface area contributed by atoms with Crippen LogP contribution in [-0.2, 0) is 6.54 Å². The summed E-state index contributed by atoms with van der Waals surface area (Å²) in [7, 11) is 1.62. The van der Waals surface area contributed by atoms with Gasteiger partial charge >= 0.3 is 0 Å². The van der Waals surface area contributed by atoms with Crippen LogP contribution in [0.3, 0.4) is 0 Å². The van der Waals surface area contributed by atoms with Gasteiger partial charge in [-0.3, -0.25) is 4.90 Å². The smallest absolute Gasteiger partial charge is 0.129 e. The third-order valence-corrected chi connectivity index (χ3v) is 4.12. The molecule has 0 saturated carbocycles. The van der Waals surface area contributed by atoms with E-state index in [2.05, 4.69) is 11.0 Å². The summed E-state index contributed by atoms with van der Waals surface area (Å²) in [5, 5.41) is 9.16. The first-order chi connectivity index (χ1) is 9.63. The molecule has 1 aliphatic heterocycles. The van der Waals surface area contributed by atoms with Gasteiger partial charge < -0.3 is 15.6 Å². The number of aliphatic hydroxyl groups excluding tert-OH is 1. The first-order valence-electron chi connectivity index (χ1n) is 6.94. The van der Waals surface area contributed by atoms with Crippen molar-refractivity contribution in [1.82, 2.24) is 4.90 Å². The van der Waals surface area contributed by atoms with Gasteiger partial charge in [-0.1, -0.05) is 18.3 Å². The molecular formula is C15H22N2O2S. The van der Waals surface area contributed by atoms with E-state index in [-0.39, 0.29) is 0 Å². The first kappa shape index (κ1) is 15.2. The van der Waals surface area contributed by atoms with E-state index < -0.39 is 0 Å². The van der Waals surface area contributed by atoms with Crippen LogP contribution in [0.1, 0.15) is 24.0 Å². The van der Waals surface area contributed by atoms with Crippen LogP contribution in [0, 0.1) is 5.92 Å². The number of nitrogens with two attached hydrogens (primary N) is 1. The largest absolute Gasteiger partial charge is 0.496 e. The molecule has 1 aliphatic rings. The highest BCUT2D eigenvalue weighted by molar-refractivity contribution is 7.80. The Morgan fingerprint density at radius 3 is 2.70 bits per heavy atom. The predicted molar refractivity (Wildman–Crippen MR) is 84.0 cm³/mol. The zero-order chi connectivity index (χ0) is 14.5. The van der Waals surface area contributed by atoms with E-state index in [1.807, 2.05) is 12.1 Å². The molecule has 1 heterocycles. The van der Waals surface area contributed by atoms with Crippen LogP contribution in [0.2, 0.25) is 0 Å². The Morgan fingerprint density at radius 2 is 2.15 bits per heavy atom. The molecule has 0 radical (unpaired) electrons. The van der Waals surface area contributed by atoms with Gasteiger partial charge in [-0.05, 0) is 49.5 Å². The number of likely N-dealkylation sites (tertiary alicyclic amines) is 1. The molecule has 5 heteroatoms. The molecule has 4 nitrogen and oxygen atoms in total. The third-order valence-electron chi connectivity index (χ3n) is 3.90. The lowest BCUT2D eigenvalue weighted by Crippen LogP contribution is -2.34.